The summed E-state index contributed by atoms with van der Waals surface area (Å²) in [5, 5.41) is 0.689. The number of benzene rings is 2. The summed E-state index contributed by atoms with van der Waals surface area (Å²) in [6.45, 7) is 2.92. The van der Waals surface area contributed by atoms with E-state index in [0.717, 1.165) is 12.2 Å². The molecule has 0 amide bonds. The lowest BCUT2D eigenvalue weighted by molar-refractivity contribution is 0.0735. The van der Waals surface area contributed by atoms with Crippen LogP contribution in [0.2, 0.25) is 0 Å². The molecule has 5 heteroatoms. The van der Waals surface area contributed by atoms with Crippen molar-refractivity contribution in [1.29, 1.82) is 0 Å². The number of hydrogen-bond donors (Lipinski definition) is 0. The first kappa shape index (κ1) is 22.6. The number of unbranched alkanes of at least 4 members (excludes halogenated alkanes) is 7. The Morgan fingerprint density at radius 3 is 2.23 bits per heavy atom. The van der Waals surface area contributed by atoms with E-state index in [1.165, 1.54) is 51.0 Å². The Labute approximate surface area is 183 Å². The molecule has 31 heavy (non-hydrogen) atoms. The largest absolute Gasteiger partial charge is 0.494 e. The summed E-state index contributed by atoms with van der Waals surface area (Å²) in [6, 6.07) is 14.8. The van der Waals surface area contributed by atoms with Crippen LogP contribution in [0.1, 0.15) is 68.6 Å². The first-order valence-corrected chi connectivity index (χ1v) is 11.1. The third kappa shape index (κ3) is 7.28. The van der Waals surface area contributed by atoms with Crippen molar-refractivity contribution < 1.29 is 18.7 Å². The summed E-state index contributed by atoms with van der Waals surface area (Å²) in [5.41, 5.74) is 0.478. The van der Waals surface area contributed by atoms with E-state index < -0.39 is 11.6 Å². The highest BCUT2D eigenvalue weighted by Crippen LogP contribution is 2.21. The Morgan fingerprint density at radius 2 is 1.48 bits per heavy atom. The fourth-order valence-electron chi connectivity index (χ4n) is 3.39. The number of ether oxygens (including phenoxy) is 2. The normalized spacial score (nSPS) is 10.9. The van der Waals surface area contributed by atoms with Crippen molar-refractivity contribution in [1.82, 2.24) is 0 Å². The van der Waals surface area contributed by atoms with Crippen molar-refractivity contribution in [2.45, 2.75) is 58.3 Å². The van der Waals surface area contributed by atoms with E-state index in [1.54, 1.807) is 48.5 Å². The van der Waals surface area contributed by atoms with E-state index in [0.29, 0.717) is 28.9 Å². The molecule has 0 saturated carbocycles. The third-order valence-corrected chi connectivity index (χ3v) is 5.16. The van der Waals surface area contributed by atoms with Crippen LogP contribution in [-0.2, 0) is 0 Å². The molecule has 0 aliphatic rings. The minimum atomic E-state index is -0.452. The fraction of sp³-hybridized carbons (Fsp3) is 0.385. The zero-order chi connectivity index (χ0) is 21.9. The number of hydrogen-bond acceptors (Lipinski definition) is 5. The lowest BCUT2D eigenvalue weighted by Gasteiger charge is -2.08. The van der Waals surface area contributed by atoms with Crippen LogP contribution in [0.5, 0.6) is 11.5 Å². The third-order valence-electron chi connectivity index (χ3n) is 5.16. The van der Waals surface area contributed by atoms with E-state index in [4.69, 9.17) is 13.9 Å². The molecule has 3 aromatic rings. The van der Waals surface area contributed by atoms with E-state index in [-0.39, 0.29) is 0 Å². The number of carbonyl (C=O) groups is 1. The zero-order valence-electron chi connectivity index (χ0n) is 18.1. The number of rotatable bonds is 12. The highest BCUT2D eigenvalue weighted by atomic mass is 16.5. The van der Waals surface area contributed by atoms with Crippen LogP contribution in [0.15, 0.2) is 63.8 Å². The Balaban J connectivity index is 1.41. The maximum atomic E-state index is 12.4. The lowest BCUT2D eigenvalue weighted by Crippen LogP contribution is -2.08. The average Bonchev–Trinajstić information content (AvgIpc) is 2.78. The van der Waals surface area contributed by atoms with Crippen molar-refractivity contribution >= 4 is 16.9 Å². The molecule has 1 heterocycles. The van der Waals surface area contributed by atoms with Crippen LogP contribution >= 0.6 is 0 Å². The summed E-state index contributed by atoms with van der Waals surface area (Å²) in [7, 11) is 0. The highest BCUT2D eigenvalue weighted by molar-refractivity contribution is 5.91. The molecule has 0 aliphatic carbocycles. The second-order valence-electron chi connectivity index (χ2n) is 7.69. The monoisotopic (exact) mass is 422 g/mol. The van der Waals surface area contributed by atoms with Gasteiger partial charge in [-0.25, -0.2) is 9.59 Å². The lowest BCUT2D eigenvalue weighted by atomic mass is 10.1. The molecule has 2 aromatic carbocycles. The molecule has 1 aromatic heterocycles. The maximum absolute atomic E-state index is 12.4. The van der Waals surface area contributed by atoms with Crippen LogP contribution in [0, 0.1) is 0 Å². The van der Waals surface area contributed by atoms with Crippen LogP contribution in [0.25, 0.3) is 11.0 Å². The van der Waals surface area contributed by atoms with Crippen LogP contribution in [-0.4, -0.2) is 12.6 Å². The maximum Gasteiger partial charge on any atom is 0.343 e. The molecular formula is C26H30O5. The van der Waals surface area contributed by atoms with Crippen molar-refractivity contribution in [2.75, 3.05) is 6.61 Å². The van der Waals surface area contributed by atoms with E-state index in [1.807, 2.05) is 0 Å². The Hall–Kier alpha value is -3.08. The number of carbonyl (C=O) groups excluding carboxylic acids is 1. The van der Waals surface area contributed by atoms with E-state index in [2.05, 4.69) is 6.92 Å². The van der Waals surface area contributed by atoms with Gasteiger partial charge in [0.05, 0.1) is 12.2 Å². The molecule has 0 bridgehead atoms. The van der Waals surface area contributed by atoms with Gasteiger partial charge in [0.25, 0.3) is 0 Å². The van der Waals surface area contributed by atoms with E-state index >= 15 is 0 Å². The Morgan fingerprint density at radius 1 is 0.806 bits per heavy atom. The molecule has 3 rings (SSSR count). The van der Waals surface area contributed by atoms with Gasteiger partial charge in [0, 0.05) is 11.5 Å². The van der Waals surface area contributed by atoms with Crippen LogP contribution in [0.3, 0.4) is 0 Å². The molecule has 0 saturated heterocycles. The van der Waals surface area contributed by atoms with Crippen LogP contribution in [0.4, 0.5) is 0 Å². The second kappa shape index (κ2) is 11.9. The smallest absolute Gasteiger partial charge is 0.343 e. The molecule has 0 aliphatic heterocycles. The second-order valence-corrected chi connectivity index (χ2v) is 7.69. The first-order valence-electron chi connectivity index (χ1n) is 11.1. The predicted molar refractivity (Wildman–Crippen MR) is 122 cm³/mol. The minimum absolute atomic E-state index is 0.390. The first-order chi connectivity index (χ1) is 15.2. The Kier molecular flexibility index (Phi) is 8.71. The van der Waals surface area contributed by atoms with Crippen molar-refractivity contribution in [3.05, 3.63) is 70.6 Å². The van der Waals surface area contributed by atoms with Gasteiger partial charge in [0.1, 0.15) is 17.1 Å². The van der Waals surface area contributed by atoms with Gasteiger partial charge >= 0.3 is 11.6 Å². The summed E-state index contributed by atoms with van der Waals surface area (Å²) < 4.78 is 16.3. The zero-order valence-corrected chi connectivity index (χ0v) is 18.1. The van der Waals surface area contributed by atoms with Crippen molar-refractivity contribution in [3.63, 3.8) is 0 Å². The van der Waals surface area contributed by atoms with Gasteiger partial charge < -0.3 is 13.9 Å². The molecular weight excluding hydrogens is 392 g/mol. The average molecular weight is 423 g/mol. The molecule has 0 unspecified atom stereocenters. The van der Waals surface area contributed by atoms with Gasteiger partial charge in [0.15, 0.2) is 0 Å². The van der Waals surface area contributed by atoms with Gasteiger partial charge in [-0.2, -0.15) is 0 Å². The molecule has 0 N–H and O–H groups in total. The molecule has 0 radical (unpaired) electrons. The van der Waals surface area contributed by atoms with Crippen LogP contribution < -0.4 is 15.1 Å². The number of fused-ring (bicyclic) bond motifs is 1. The standard InChI is InChI=1S/C26H30O5/c1-2-3-4-5-6-7-8-9-18-29-22-13-10-20(11-14-22)26(28)30-23-15-16-24-21(19-23)12-17-25(27)31-24/h10-17,19H,2-9,18H2,1H3. The predicted octanol–water partition coefficient (Wildman–Crippen LogP) is 6.53. The SMILES string of the molecule is CCCCCCCCCCOc1ccc(C(=O)Oc2ccc3oc(=O)ccc3c2)cc1. The summed E-state index contributed by atoms with van der Waals surface area (Å²) in [5.74, 6) is 0.688. The van der Waals surface area contributed by atoms with Crippen molar-refractivity contribution in [3.8, 4) is 11.5 Å². The summed E-state index contributed by atoms with van der Waals surface area (Å²) in [6.07, 6.45) is 10.1. The Bertz CT molecular complexity index is 1020. The highest BCUT2D eigenvalue weighted by Gasteiger charge is 2.10. The topological polar surface area (TPSA) is 65.7 Å². The molecule has 5 nitrogen and oxygen atoms in total. The molecule has 0 spiro atoms. The fourth-order valence-corrected chi connectivity index (χ4v) is 3.39. The van der Waals surface area contributed by atoms with Gasteiger partial charge in [0.2, 0.25) is 0 Å². The van der Waals surface area contributed by atoms with Gasteiger partial charge in [-0.3, -0.25) is 0 Å². The minimum Gasteiger partial charge on any atom is -0.494 e. The summed E-state index contributed by atoms with van der Waals surface area (Å²) in [4.78, 5) is 23.7. The molecule has 164 valence electrons. The van der Waals surface area contributed by atoms with Gasteiger partial charge in [-0.05, 0) is 55.0 Å². The number of esters is 1. The van der Waals surface area contributed by atoms with Gasteiger partial charge in [-0.1, -0.05) is 51.9 Å². The molecule has 0 atom stereocenters. The quantitative estimate of drug-likeness (QED) is 0.144. The summed E-state index contributed by atoms with van der Waals surface area (Å²) >= 11 is 0. The van der Waals surface area contributed by atoms with Crippen molar-refractivity contribution in [2.24, 2.45) is 0 Å². The van der Waals surface area contributed by atoms with E-state index in [9.17, 15) is 9.59 Å². The van der Waals surface area contributed by atoms with Gasteiger partial charge in [-0.15, -0.1) is 0 Å². The molecule has 0 fully saturated rings.